The van der Waals surface area contributed by atoms with Crippen molar-refractivity contribution in [3.63, 3.8) is 0 Å². The summed E-state index contributed by atoms with van der Waals surface area (Å²) in [6.45, 7) is 0.971. The Morgan fingerprint density at radius 3 is 2.93 bits per heavy atom. The molecule has 1 rings (SSSR count). The van der Waals surface area contributed by atoms with E-state index in [4.69, 9.17) is 9.47 Å². The van der Waals surface area contributed by atoms with Gasteiger partial charge < -0.3 is 14.6 Å². The minimum absolute atomic E-state index is 0.106. The highest BCUT2D eigenvalue weighted by molar-refractivity contribution is 5.13. The lowest BCUT2D eigenvalue weighted by Gasteiger charge is -2.10. The van der Waals surface area contributed by atoms with Gasteiger partial charge in [0, 0.05) is 18.9 Å². The fourth-order valence-electron chi connectivity index (χ4n) is 1.04. The molecule has 1 unspecified atom stereocenters. The zero-order valence-electron chi connectivity index (χ0n) is 8.52. The number of pyridine rings is 1. The molecule has 0 aromatic carbocycles. The summed E-state index contributed by atoms with van der Waals surface area (Å²) in [5, 5.41) is 9.57. The molecule has 0 aliphatic carbocycles. The lowest BCUT2D eigenvalue weighted by molar-refractivity contribution is 0.0124. The second kappa shape index (κ2) is 6.44. The Hall–Kier alpha value is -1.04. The van der Waals surface area contributed by atoms with Crippen LogP contribution in [0, 0.1) is 5.82 Å². The monoisotopic (exact) mass is 215 g/mol. The minimum Gasteiger partial charge on any atom is -0.386 e. The van der Waals surface area contributed by atoms with Crippen LogP contribution in [0.2, 0.25) is 0 Å². The summed E-state index contributed by atoms with van der Waals surface area (Å²) in [7, 11) is 1.57. The molecule has 1 N–H and O–H groups in total. The molecule has 15 heavy (non-hydrogen) atoms. The largest absolute Gasteiger partial charge is 0.386 e. The van der Waals surface area contributed by atoms with E-state index in [1.54, 1.807) is 7.11 Å². The number of aromatic nitrogens is 1. The summed E-state index contributed by atoms with van der Waals surface area (Å²) >= 11 is 0. The van der Waals surface area contributed by atoms with Crippen molar-refractivity contribution in [1.82, 2.24) is 4.98 Å². The lowest BCUT2D eigenvalue weighted by atomic mass is 10.2. The van der Waals surface area contributed by atoms with Crippen molar-refractivity contribution < 1.29 is 19.0 Å². The standard InChI is InChI=1S/C10H14FNO3/c1-14-2-3-15-7-10(13)8-4-9(11)6-12-5-8/h4-6,10,13H,2-3,7H2,1H3. The number of halogens is 1. The third kappa shape index (κ3) is 4.33. The first kappa shape index (κ1) is 12.0. The summed E-state index contributed by atoms with van der Waals surface area (Å²) in [6.07, 6.45) is 1.64. The van der Waals surface area contributed by atoms with Crippen LogP contribution in [-0.2, 0) is 9.47 Å². The Morgan fingerprint density at radius 2 is 2.27 bits per heavy atom. The number of methoxy groups -OCH3 is 1. The van der Waals surface area contributed by atoms with Crippen LogP contribution in [0.15, 0.2) is 18.5 Å². The van der Waals surface area contributed by atoms with Gasteiger partial charge >= 0.3 is 0 Å². The van der Waals surface area contributed by atoms with E-state index < -0.39 is 11.9 Å². The lowest BCUT2D eigenvalue weighted by Crippen LogP contribution is -2.10. The first-order valence-electron chi connectivity index (χ1n) is 4.59. The first-order valence-corrected chi connectivity index (χ1v) is 4.59. The van der Waals surface area contributed by atoms with E-state index in [1.807, 2.05) is 0 Å². The van der Waals surface area contributed by atoms with Crippen molar-refractivity contribution in [1.29, 1.82) is 0 Å². The molecule has 1 atom stereocenters. The number of aliphatic hydroxyl groups is 1. The highest BCUT2D eigenvalue weighted by Crippen LogP contribution is 2.12. The van der Waals surface area contributed by atoms with E-state index in [-0.39, 0.29) is 6.61 Å². The second-order valence-electron chi connectivity index (χ2n) is 3.02. The number of rotatable bonds is 6. The molecule has 84 valence electrons. The van der Waals surface area contributed by atoms with Gasteiger partial charge in [0.1, 0.15) is 11.9 Å². The Kier molecular flexibility index (Phi) is 5.17. The summed E-state index contributed by atoms with van der Waals surface area (Å²) in [5.74, 6) is -0.469. The minimum atomic E-state index is -0.856. The number of hydrogen-bond acceptors (Lipinski definition) is 4. The van der Waals surface area contributed by atoms with Gasteiger partial charge in [-0.05, 0) is 6.07 Å². The van der Waals surface area contributed by atoms with E-state index in [9.17, 15) is 9.50 Å². The van der Waals surface area contributed by atoms with Crippen molar-refractivity contribution in [3.8, 4) is 0 Å². The zero-order chi connectivity index (χ0) is 11.1. The Morgan fingerprint density at radius 1 is 1.47 bits per heavy atom. The highest BCUT2D eigenvalue weighted by atomic mass is 19.1. The SMILES string of the molecule is COCCOCC(O)c1cncc(F)c1. The van der Waals surface area contributed by atoms with Gasteiger partial charge in [-0.25, -0.2) is 4.39 Å². The van der Waals surface area contributed by atoms with Crippen LogP contribution in [0.1, 0.15) is 11.7 Å². The fraction of sp³-hybridized carbons (Fsp3) is 0.500. The third-order valence-corrected chi connectivity index (χ3v) is 1.82. The van der Waals surface area contributed by atoms with E-state index in [0.29, 0.717) is 18.8 Å². The zero-order valence-corrected chi connectivity index (χ0v) is 8.52. The Balaban J connectivity index is 2.36. The molecule has 1 aromatic heterocycles. The second-order valence-corrected chi connectivity index (χ2v) is 3.02. The molecule has 4 nitrogen and oxygen atoms in total. The molecule has 0 radical (unpaired) electrons. The van der Waals surface area contributed by atoms with Crippen LogP contribution in [0.3, 0.4) is 0 Å². The average Bonchev–Trinajstić information content (AvgIpc) is 2.24. The molecule has 1 aromatic rings. The normalized spacial score (nSPS) is 12.7. The molecular weight excluding hydrogens is 201 g/mol. The maximum atomic E-state index is 12.7. The van der Waals surface area contributed by atoms with Gasteiger partial charge in [-0.2, -0.15) is 0 Å². The molecule has 0 fully saturated rings. The Labute approximate surface area is 87.7 Å². The van der Waals surface area contributed by atoms with Crippen molar-refractivity contribution in [3.05, 3.63) is 29.8 Å². The van der Waals surface area contributed by atoms with Crippen LogP contribution < -0.4 is 0 Å². The van der Waals surface area contributed by atoms with Gasteiger partial charge in [-0.15, -0.1) is 0 Å². The van der Waals surface area contributed by atoms with Gasteiger partial charge in [0.2, 0.25) is 0 Å². The number of aliphatic hydroxyl groups excluding tert-OH is 1. The van der Waals surface area contributed by atoms with Gasteiger partial charge in [0.05, 0.1) is 26.0 Å². The van der Waals surface area contributed by atoms with E-state index >= 15 is 0 Å². The van der Waals surface area contributed by atoms with E-state index in [2.05, 4.69) is 4.98 Å². The van der Waals surface area contributed by atoms with Crippen LogP contribution in [0.25, 0.3) is 0 Å². The van der Waals surface area contributed by atoms with Crippen LogP contribution in [0.5, 0.6) is 0 Å². The highest BCUT2D eigenvalue weighted by Gasteiger charge is 2.08. The summed E-state index contributed by atoms with van der Waals surface area (Å²) in [5.41, 5.74) is 0.410. The predicted molar refractivity (Wildman–Crippen MR) is 51.8 cm³/mol. The van der Waals surface area contributed by atoms with Crippen LogP contribution in [0.4, 0.5) is 4.39 Å². The summed E-state index contributed by atoms with van der Waals surface area (Å²) in [4.78, 5) is 3.63. The van der Waals surface area contributed by atoms with Crippen molar-refractivity contribution in [2.45, 2.75) is 6.10 Å². The topological polar surface area (TPSA) is 51.6 Å². The van der Waals surface area contributed by atoms with E-state index in [0.717, 1.165) is 6.20 Å². The average molecular weight is 215 g/mol. The molecule has 0 amide bonds. The first-order chi connectivity index (χ1) is 7.24. The molecule has 0 saturated heterocycles. The van der Waals surface area contributed by atoms with Crippen molar-refractivity contribution in [2.75, 3.05) is 26.9 Å². The third-order valence-electron chi connectivity index (χ3n) is 1.82. The maximum absolute atomic E-state index is 12.7. The quantitative estimate of drug-likeness (QED) is 0.717. The molecule has 0 aliphatic heterocycles. The van der Waals surface area contributed by atoms with Gasteiger partial charge in [0.25, 0.3) is 0 Å². The van der Waals surface area contributed by atoms with E-state index in [1.165, 1.54) is 12.3 Å². The van der Waals surface area contributed by atoms with Crippen molar-refractivity contribution >= 4 is 0 Å². The van der Waals surface area contributed by atoms with Crippen LogP contribution in [-0.4, -0.2) is 37.0 Å². The molecule has 1 heterocycles. The number of ether oxygens (including phenoxy) is 2. The molecule has 0 spiro atoms. The molecule has 0 bridgehead atoms. The summed E-state index contributed by atoms with van der Waals surface area (Å²) in [6, 6.07) is 1.23. The molecular formula is C10H14FNO3. The predicted octanol–water partition coefficient (Wildman–Crippen LogP) is 0.917. The van der Waals surface area contributed by atoms with Crippen molar-refractivity contribution in [2.24, 2.45) is 0 Å². The maximum Gasteiger partial charge on any atom is 0.141 e. The summed E-state index contributed by atoms with van der Waals surface area (Å²) < 4.78 is 22.6. The number of nitrogens with zero attached hydrogens (tertiary/aromatic N) is 1. The molecule has 0 saturated carbocycles. The molecule has 0 aliphatic rings. The molecule has 5 heteroatoms. The fourth-order valence-corrected chi connectivity index (χ4v) is 1.04. The van der Waals surface area contributed by atoms with Gasteiger partial charge in [0.15, 0.2) is 0 Å². The van der Waals surface area contributed by atoms with Crippen LogP contribution >= 0.6 is 0 Å². The Bertz CT molecular complexity index is 296. The van der Waals surface area contributed by atoms with Gasteiger partial charge in [-0.1, -0.05) is 0 Å². The smallest absolute Gasteiger partial charge is 0.141 e. The number of hydrogen-bond donors (Lipinski definition) is 1. The van der Waals surface area contributed by atoms with Gasteiger partial charge in [-0.3, -0.25) is 4.98 Å².